The zero-order chi connectivity index (χ0) is 15.5. The van der Waals surface area contributed by atoms with Crippen molar-refractivity contribution in [1.29, 1.82) is 0 Å². The molecule has 2 rings (SSSR count). The molecule has 1 saturated carbocycles. The van der Waals surface area contributed by atoms with Crippen molar-refractivity contribution in [2.24, 2.45) is 5.92 Å². The summed E-state index contributed by atoms with van der Waals surface area (Å²) in [5, 5.41) is 9.34. The van der Waals surface area contributed by atoms with Gasteiger partial charge in [-0.3, -0.25) is 9.78 Å². The predicted molar refractivity (Wildman–Crippen MR) is 80.3 cm³/mol. The number of carboxylic acids is 1. The Balaban J connectivity index is 2.21. The number of hydrogen-bond donors (Lipinski definition) is 2. The lowest BCUT2D eigenvalue weighted by atomic mass is 9.84. The van der Waals surface area contributed by atoms with Crippen LogP contribution in [0.3, 0.4) is 0 Å². The van der Waals surface area contributed by atoms with Crippen LogP contribution in [-0.4, -0.2) is 30.5 Å². The topological polar surface area (TPSA) is 96.4 Å². The number of rotatable bonds is 5. The highest BCUT2D eigenvalue weighted by Gasteiger charge is 2.33. The second-order valence-corrected chi connectivity index (χ2v) is 7.80. The van der Waals surface area contributed by atoms with Gasteiger partial charge in [-0.1, -0.05) is 19.3 Å². The summed E-state index contributed by atoms with van der Waals surface area (Å²) in [6, 6.07) is 0.309. The fourth-order valence-electron chi connectivity index (χ4n) is 2.59. The van der Waals surface area contributed by atoms with Gasteiger partial charge in [-0.05, 0) is 40.8 Å². The molecule has 0 radical (unpaired) electrons. The van der Waals surface area contributed by atoms with Gasteiger partial charge in [-0.25, -0.2) is 8.42 Å². The summed E-state index contributed by atoms with van der Waals surface area (Å²) in [5.41, 5.74) is 0. The van der Waals surface area contributed by atoms with Crippen LogP contribution in [0.1, 0.15) is 32.1 Å². The van der Waals surface area contributed by atoms with Crippen LogP contribution in [0.25, 0.3) is 0 Å². The van der Waals surface area contributed by atoms with E-state index in [0.29, 0.717) is 4.47 Å². The molecule has 1 aromatic rings. The van der Waals surface area contributed by atoms with Crippen LogP contribution < -0.4 is 4.72 Å². The zero-order valence-electron chi connectivity index (χ0n) is 11.3. The first-order chi connectivity index (χ1) is 9.90. The molecular formula is C13H17BrN2O4S. The summed E-state index contributed by atoms with van der Waals surface area (Å²) in [4.78, 5) is 15.2. The van der Waals surface area contributed by atoms with E-state index in [4.69, 9.17) is 0 Å². The molecule has 6 nitrogen and oxygen atoms in total. The molecule has 8 heteroatoms. The van der Waals surface area contributed by atoms with Gasteiger partial charge in [0.2, 0.25) is 10.0 Å². The maximum Gasteiger partial charge on any atom is 0.322 e. The van der Waals surface area contributed by atoms with Crippen LogP contribution in [0, 0.1) is 5.92 Å². The number of sulfonamides is 1. The van der Waals surface area contributed by atoms with Gasteiger partial charge < -0.3 is 5.11 Å². The molecule has 1 aromatic heterocycles. The summed E-state index contributed by atoms with van der Waals surface area (Å²) >= 11 is 3.16. The maximum atomic E-state index is 12.3. The Morgan fingerprint density at radius 2 is 2.00 bits per heavy atom. The minimum atomic E-state index is -3.90. The largest absolute Gasteiger partial charge is 0.480 e. The molecule has 2 N–H and O–H groups in total. The Labute approximate surface area is 132 Å². The lowest BCUT2D eigenvalue weighted by molar-refractivity contribution is -0.140. The fraction of sp³-hybridized carbons (Fsp3) is 0.538. The molecule has 116 valence electrons. The average molecular weight is 377 g/mol. The second-order valence-electron chi connectivity index (χ2n) is 5.17. The maximum absolute atomic E-state index is 12.3. The summed E-state index contributed by atoms with van der Waals surface area (Å²) in [7, 11) is -3.90. The van der Waals surface area contributed by atoms with Gasteiger partial charge in [0, 0.05) is 16.9 Å². The highest BCUT2D eigenvalue weighted by Crippen LogP contribution is 2.27. The van der Waals surface area contributed by atoms with Gasteiger partial charge in [-0.15, -0.1) is 0 Å². The molecule has 1 unspecified atom stereocenters. The molecule has 1 heterocycles. The SMILES string of the molecule is O=C(O)C(NS(=O)(=O)c1cncc(Br)c1)C1CCCCC1. The van der Waals surface area contributed by atoms with Gasteiger partial charge in [-0.2, -0.15) is 4.72 Å². The van der Waals surface area contributed by atoms with Crippen molar-refractivity contribution >= 4 is 31.9 Å². The Kier molecular flexibility index (Phi) is 5.34. The number of aliphatic carboxylic acids is 1. The normalized spacial score (nSPS) is 18.3. The molecule has 0 bridgehead atoms. The minimum absolute atomic E-state index is 0.0427. The summed E-state index contributed by atoms with van der Waals surface area (Å²) in [6.45, 7) is 0. The number of carbonyl (C=O) groups is 1. The summed E-state index contributed by atoms with van der Waals surface area (Å²) in [6.07, 6.45) is 7.09. The third-order valence-electron chi connectivity index (χ3n) is 3.66. The highest BCUT2D eigenvalue weighted by atomic mass is 79.9. The summed E-state index contributed by atoms with van der Waals surface area (Å²) < 4.78 is 27.5. The number of hydrogen-bond acceptors (Lipinski definition) is 4. The highest BCUT2D eigenvalue weighted by molar-refractivity contribution is 9.10. The van der Waals surface area contributed by atoms with E-state index < -0.39 is 22.0 Å². The first kappa shape index (κ1) is 16.4. The Morgan fingerprint density at radius 1 is 1.33 bits per heavy atom. The number of pyridine rings is 1. The monoisotopic (exact) mass is 376 g/mol. The molecule has 1 aliphatic rings. The van der Waals surface area contributed by atoms with E-state index >= 15 is 0 Å². The lowest BCUT2D eigenvalue weighted by Gasteiger charge is -2.27. The Bertz CT molecular complexity index is 614. The minimum Gasteiger partial charge on any atom is -0.480 e. The molecule has 0 amide bonds. The summed E-state index contributed by atoms with van der Waals surface area (Å²) in [5.74, 6) is -1.29. The smallest absolute Gasteiger partial charge is 0.322 e. The molecule has 1 aliphatic carbocycles. The van der Waals surface area contributed by atoms with Gasteiger partial charge >= 0.3 is 5.97 Å². The van der Waals surface area contributed by atoms with E-state index in [1.54, 1.807) is 0 Å². The molecule has 0 aliphatic heterocycles. The first-order valence-electron chi connectivity index (χ1n) is 6.76. The quantitative estimate of drug-likeness (QED) is 0.820. The standard InChI is InChI=1S/C13H17BrN2O4S/c14-10-6-11(8-15-7-10)21(19,20)16-12(13(17)18)9-4-2-1-3-5-9/h6-9,12,16H,1-5H2,(H,17,18). The van der Waals surface area contributed by atoms with Crippen molar-refractivity contribution in [1.82, 2.24) is 9.71 Å². The number of carboxylic acid groups (broad SMARTS) is 1. The van der Waals surface area contributed by atoms with E-state index in [1.807, 2.05) is 0 Å². The van der Waals surface area contributed by atoms with Crippen molar-refractivity contribution in [2.45, 2.75) is 43.0 Å². The third-order valence-corrected chi connectivity index (χ3v) is 5.50. The Hall–Kier alpha value is -0.990. The molecule has 0 saturated heterocycles. The van der Waals surface area contributed by atoms with E-state index in [1.165, 1.54) is 18.5 Å². The van der Waals surface area contributed by atoms with Crippen LogP contribution in [0.5, 0.6) is 0 Å². The fourth-order valence-corrected chi connectivity index (χ4v) is 4.35. The van der Waals surface area contributed by atoms with E-state index in [-0.39, 0.29) is 10.8 Å². The number of nitrogens with zero attached hydrogens (tertiary/aromatic N) is 1. The van der Waals surface area contributed by atoms with Crippen molar-refractivity contribution in [3.05, 3.63) is 22.9 Å². The van der Waals surface area contributed by atoms with E-state index in [2.05, 4.69) is 25.6 Å². The molecule has 21 heavy (non-hydrogen) atoms. The molecule has 0 aromatic carbocycles. The van der Waals surface area contributed by atoms with Crippen molar-refractivity contribution in [3.63, 3.8) is 0 Å². The second kappa shape index (κ2) is 6.85. The van der Waals surface area contributed by atoms with Crippen molar-refractivity contribution in [3.8, 4) is 0 Å². The van der Waals surface area contributed by atoms with Gasteiger partial charge in [0.25, 0.3) is 0 Å². The Morgan fingerprint density at radius 3 is 2.57 bits per heavy atom. The number of aromatic nitrogens is 1. The van der Waals surface area contributed by atoms with Gasteiger partial charge in [0.1, 0.15) is 10.9 Å². The van der Waals surface area contributed by atoms with Gasteiger partial charge in [0.05, 0.1) is 0 Å². The van der Waals surface area contributed by atoms with E-state index in [0.717, 1.165) is 32.1 Å². The van der Waals surface area contributed by atoms with Gasteiger partial charge in [0.15, 0.2) is 0 Å². The average Bonchev–Trinajstić information content (AvgIpc) is 2.45. The van der Waals surface area contributed by atoms with E-state index in [9.17, 15) is 18.3 Å². The predicted octanol–water partition coefficient (Wildman–Crippen LogP) is 2.16. The van der Waals surface area contributed by atoms with Crippen LogP contribution in [0.4, 0.5) is 0 Å². The molecule has 1 atom stereocenters. The van der Waals surface area contributed by atoms with Crippen LogP contribution in [-0.2, 0) is 14.8 Å². The number of nitrogens with one attached hydrogen (secondary N) is 1. The molecule has 0 spiro atoms. The first-order valence-corrected chi connectivity index (χ1v) is 9.03. The molecule has 1 fully saturated rings. The lowest BCUT2D eigenvalue weighted by Crippen LogP contribution is -2.46. The zero-order valence-corrected chi connectivity index (χ0v) is 13.7. The van der Waals surface area contributed by atoms with Crippen LogP contribution in [0.2, 0.25) is 0 Å². The number of halogens is 1. The third kappa shape index (κ3) is 4.24. The molecular weight excluding hydrogens is 360 g/mol. The van der Waals surface area contributed by atoms with Crippen molar-refractivity contribution in [2.75, 3.05) is 0 Å². The van der Waals surface area contributed by atoms with Crippen LogP contribution >= 0.6 is 15.9 Å². The van der Waals surface area contributed by atoms with Crippen LogP contribution in [0.15, 0.2) is 27.8 Å². The van der Waals surface area contributed by atoms with Crippen molar-refractivity contribution < 1.29 is 18.3 Å².